The summed E-state index contributed by atoms with van der Waals surface area (Å²) in [7, 11) is 0. The molecule has 107 valence electrons. The molecule has 1 rings (SSSR count). The normalized spacial score (nSPS) is 10.6. The van der Waals surface area contributed by atoms with Gasteiger partial charge < -0.3 is 69.6 Å². The van der Waals surface area contributed by atoms with E-state index in [9.17, 15) is 0 Å². The van der Waals surface area contributed by atoms with E-state index in [0.717, 1.165) is 32.7 Å². The standard InChI is InChI=1S/C6H14N2O.5CN.Fe/c9-6-5-8-3-1-7-2-4-8;5*1-2;/h7,9H,1-6H2;;;;;;/q;5*-1;+5. The van der Waals surface area contributed by atoms with Crippen molar-refractivity contribution >= 4 is 0 Å². The second-order valence-electron chi connectivity index (χ2n) is 2.32. The van der Waals surface area contributed by atoms with Crippen LogP contribution in [0.25, 0.3) is 0 Å². The van der Waals surface area contributed by atoms with Crippen LogP contribution in [0.2, 0.25) is 0 Å². The Labute approximate surface area is 131 Å². The van der Waals surface area contributed by atoms with Crippen LogP contribution in [0, 0.1) is 59.2 Å². The van der Waals surface area contributed by atoms with Crippen LogP contribution in [-0.2, 0) is 17.1 Å². The molecule has 0 aromatic rings. The summed E-state index contributed by atoms with van der Waals surface area (Å²) in [6.07, 6.45) is 0. The summed E-state index contributed by atoms with van der Waals surface area (Å²) in [5.41, 5.74) is 0. The second kappa shape index (κ2) is 68.7. The minimum atomic E-state index is 0. The molecular weight excluding hydrogens is 302 g/mol. The third-order valence-electron chi connectivity index (χ3n) is 1.63. The van der Waals surface area contributed by atoms with Crippen LogP contribution in [0.1, 0.15) is 0 Å². The van der Waals surface area contributed by atoms with Crippen molar-refractivity contribution in [2.45, 2.75) is 0 Å². The number of aliphatic hydroxyl groups excluding tert-OH is 1. The molecule has 8 nitrogen and oxygen atoms in total. The van der Waals surface area contributed by atoms with Crippen molar-refractivity contribution in [2.75, 3.05) is 39.3 Å². The monoisotopic (exact) mass is 316 g/mol. The van der Waals surface area contributed by atoms with Gasteiger partial charge in [-0.25, -0.2) is 0 Å². The van der Waals surface area contributed by atoms with Crippen molar-refractivity contribution in [3.8, 4) is 0 Å². The summed E-state index contributed by atoms with van der Waals surface area (Å²) >= 11 is 0. The van der Waals surface area contributed by atoms with Crippen molar-refractivity contribution in [3.63, 3.8) is 0 Å². The van der Waals surface area contributed by atoms with Crippen molar-refractivity contribution in [3.05, 3.63) is 32.9 Å². The molecule has 1 aliphatic rings. The third kappa shape index (κ3) is 44.6. The molecular formula is C11H14FeN7O. The molecule has 0 saturated carbocycles. The summed E-state index contributed by atoms with van der Waals surface area (Å²) in [4.78, 5) is 2.26. The molecule has 0 aromatic carbocycles. The topological polar surface area (TPSA) is 154 Å². The molecule has 20 heavy (non-hydrogen) atoms. The van der Waals surface area contributed by atoms with Gasteiger partial charge in [0.15, 0.2) is 0 Å². The Morgan fingerprint density at radius 3 is 1.35 bits per heavy atom. The van der Waals surface area contributed by atoms with Crippen molar-refractivity contribution < 1.29 is 22.2 Å². The maximum Gasteiger partial charge on any atom is 5.00 e. The minimum absolute atomic E-state index is 0. The summed E-state index contributed by atoms with van der Waals surface area (Å²) in [6.45, 7) is 29.2. The molecule has 0 spiro atoms. The predicted molar refractivity (Wildman–Crippen MR) is 61.2 cm³/mol. The molecule has 1 radical (unpaired) electrons. The summed E-state index contributed by atoms with van der Waals surface area (Å²) in [5, 5.41) is 43.1. The van der Waals surface area contributed by atoms with Gasteiger partial charge in [0.2, 0.25) is 0 Å². The van der Waals surface area contributed by atoms with E-state index >= 15 is 0 Å². The average Bonchev–Trinajstić information content (AvgIpc) is 2.58. The molecule has 1 heterocycles. The van der Waals surface area contributed by atoms with E-state index in [-0.39, 0.29) is 17.1 Å². The fourth-order valence-corrected chi connectivity index (χ4v) is 1.08. The van der Waals surface area contributed by atoms with Gasteiger partial charge in [-0.3, -0.25) is 4.90 Å². The van der Waals surface area contributed by atoms with Crippen LogP contribution in [0.15, 0.2) is 0 Å². The Hall–Kier alpha value is -2.15. The van der Waals surface area contributed by atoms with E-state index in [4.69, 9.17) is 64.3 Å². The fourth-order valence-electron chi connectivity index (χ4n) is 1.08. The Morgan fingerprint density at radius 1 is 0.800 bits per heavy atom. The van der Waals surface area contributed by atoms with Gasteiger partial charge in [-0.05, 0) is 0 Å². The molecule has 1 fully saturated rings. The maximum absolute atomic E-state index is 8.56. The van der Waals surface area contributed by atoms with Crippen LogP contribution in [-0.4, -0.2) is 49.3 Å². The van der Waals surface area contributed by atoms with E-state index in [1.807, 2.05) is 0 Å². The predicted octanol–water partition coefficient (Wildman–Crippen LogP) is -0.637. The smallest absolute Gasteiger partial charge is 0.512 e. The molecule has 0 unspecified atom stereocenters. The van der Waals surface area contributed by atoms with Crippen LogP contribution in [0.4, 0.5) is 0 Å². The Kier molecular flexibility index (Phi) is 124. The first-order chi connectivity index (χ1) is 9.43. The zero-order chi connectivity index (χ0) is 16.5. The molecule has 0 bridgehead atoms. The Morgan fingerprint density at radius 2 is 1.10 bits per heavy atom. The number of nitrogens with one attached hydrogen (secondary N) is 1. The van der Waals surface area contributed by atoms with Gasteiger partial charge in [0.05, 0.1) is 6.61 Å². The minimum Gasteiger partial charge on any atom is -0.512 e. The number of rotatable bonds is 2. The van der Waals surface area contributed by atoms with E-state index in [1.165, 1.54) is 0 Å². The average molecular weight is 316 g/mol. The van der Waals surface area contributed by atoms with Gasteiger partial charge in [-0.15, -0.1) is 0 Å². The van der Waals surface area contributed by atoms with Gasteiger partial charge in [-0.1, -0.05) is 0 Å². The van der Waals surface area contributed by atoms with Gasteiger partial charge in [0.25, 0.3) is 0 Å². The fraction of sp³-hybridized carbons (Fsp3) is 0.545. The van der Waals surface area contributed by atoms with E-state index in [2.05, 4.69) is 10.2 Å². The summed E-state index contributed by atoms with van der Waals surface area (Å²) < 4.78 is 0. The van der Waals surface area contributed by atoms with E-state index in [0.29, 0.717) is 6.61 Å². The molecule has 0 aliphatic carbocycles. The van der Waals surface area contributed by atoms with Gasteiger partial charge in [0.1, 0.15) is 0 Å². The SMILES string of the molecule is OCCN1CCNCC1.[C-]#N.[C-]#N.[C-]#N.[C-]#N.[C-]#N.[Fe+5]. The molecule has 1 aliphatic heterocycles. The number of piperazine rings is 1. The van der Waals surface area contributed by atoms with Gasteiger partial charge in [-0.2, -0.15) is 0 Å². The molecule has 0 aromatic heterocycles. The maximum atomic E-state index is 8.56. The number of aliphatic hydroxyl groups is 1. The summed E-state index contributed by atoms with van der Waals surface area (Å²) in [5.74, 6) is 0. The first kappa shape index (κ1) is 36.1. The Balaban J connectivity index is -0.0000000384. The van der Waals surface area contributed by atoms with E-state index < -0.39 is 0 Å². The third-order valence-corrected chi connectivity index (χ3v) is 1.63. The quantitative estimate of drug-likeness (QED) is 0.503. The van der Waals surface area contributed by atoms with Crippen molar-refractivity contribution in [1.82, 2.24) is 10.2 Å². The van der Waals surface area contributed by atoms with Crippen LogP contribution >= 0.6 is 0 Å². The molecule has 0 atom stereocenters. The second-order valence-corrected chi connectivity index (χ2v) is 2.32. The van der Waals surface area contributed by atoms with Gasteiger partial charge >= 0.3 is 17.1 Å². The zero-order valence-corrected chi connectivity index (χ0v) is 11.8. The van der Waals surface area contributed by atoms with E-state index in [1.54, 1.807) is 0 Å². The first-order valence-corrected chi connectivity index (χ1v) is 4.59. The largest absolute Gasteiger partial charge is 5.00 e. The molecule has 0 amide bonds. The Bertz CT molecular complexity index is 194. The first-order valence-electron chi connectivity index (χ1n) is 4.59. The van der Waals surface area contributed by atoms with Gasteiger partial charge in [0, 0.05) is 32.7 Å². The molecule has 2 N–H and O–H groups in total. The molecule has 1 saturated heterocycles. The van der Waals surface area contributed by atoms with Crippen molar-refractivity contribution in [2.24, 2.45) is 0 Å². The van der Waals surface area contributed by atoms with Crippen LogP contribution in [0.5, 0.6) is 0 Å². The number of hydrogen-bond donors (Lipinski definition) is 2. The van der Waals surface area contributed by atoms with Crippen LogP contribution < -0.4 is 5.32 Å². The zero-order valence-electron chi connectivity index (χ0n) is 10.7. The summed E-state index contributed by atoms with van der Waals surface area (Å²) in [6, 6.07) is 0. The number of nitrogens with zero attached hydrogens (tertiary/aromatic N) is 6. The van der Waals surface area contributed by atoms with Crippen LogP contribution in [0.3, 0.4) is 0 Å². The number of hydrogen-bond acceptors (Lipinski definition) is 8. The molecule has 9 heteroatoms. The van der Waals surface area contributed by atoms with Crippen molar-refractivity contribution in [1.29, 1.82) is 26.3 Å². The number of β-amino-alcohol motifs (C(OH)–C–C–N with tert-alkyl or cyclic N) is 1.